The van der Waals surface area contributed by atoms with Crippen LogP contribution in [-0.2, 0) is 11.3 Å². The van der Waals surface area contributed by atoms with Gasteiger partial charge in [0.05, 0.1) is 13.1 Å². The van der Waals surface area contributed by atoms with Crippen molar-refractivity contribution >= 4 is 29.3 Å². The molecule has 3 aromatic carbocycles. The highest BCUT2D eigenvalue weighted by Crippen LogP contribution is 2.33. The van der Waals surface area contributed by atoms with E-state index in [0.29, 0.717) is 11.6 Å². The molecule has 38 heavy (non-hydrogen) atoms. The second-order valence-corrected chi connectivity index (χ2v) is 9.52. The highest BCUT2D eigenvalue weighted by molar-refractivity contribution is 6.01. The normalized spacial score (nSPS) is 14.3. The Morgan fingerprint density at radius 2 is 1.55 bits per heavy atom. The number of alkyl halides is 1. The fourth-order valence-electron chi connectivity index (χ4n) is 4.67. The molecule has 198 valence electrons. The summed E-state index contributed by atoms with van der Waals surface area (Å²) in [6.45, 7) is -0.352. The third-order valence-corrected chi connectivity index (χ3v) is 6.82. The van der Waals surface area contributed by atoms with Gasteiger partial charge >= 0.3 is 12.0 Å². The minimum absolute atomic E-state index is 0.259. The average molecular weight is 518 g/mol. The molecule has 0 radical (unpaired) electrons. The molecule has 3 aromatic rings. The number of carboxylic acids is 1. The summed E-state index contributed by atoms with van der Waals surface area (Å²) in [4.78, 5) is 37.9. The van der Waals surface area contributed by atoms with Gasteiger partial charge in [0.2, 0.25) is 6.17 Å². The topological polar surface area (TPSA) is 98.7 Å². The molecule has 3 N–H and O–H groups in total. The molecular formula is C30H32FN3O4. The van der Waals surface area contributed by atoms with E-state index in [9.17, 15) is 18.8 Å². The minimum Gasteiger partial charge on any atom is -0.479 e. The summed E-state index contributed by atoms with van der Waals surface area (Å²) in [5, 5.41) is 13.9. The van der Waals surface area contributed by atoms with E-state index in [0.717, 1.165) is 11.3 Å². The number of nitrogens with one attached hydrogen (secondary N) is 2. The Morgan fingerprint density at radius 3 is 2.18 bits per heavy atom. The summed E-state index contributed by atoms with van der Waals surface area (Å²) < 4.78 is 13.3. The second-order valence-electron chi connectivity index (χ2n) is 9.52. The van der Waals surface area contributed by atoms with E-state index in [2.05, 4.69) is 22.8 Å². The Hall–Kier alpha value is -4.20. The lowest BCUT2D eigenvalue weighted by molar-refractivity contribution is -0.142. The lowest BCUT2D eigenvalue weighted by Crippen LogP contribution is -2.35. The van der Waals surface area contributed by atoms with E-state index < -0.39 is 24.6 Å². The Kier molecular flexibility index (Phi) is 9.08. The maximum absolute atomic E-state index is 13.4. The van der Waals surface area contributed by atoms with Crippen LogP contribution in [0.3, 0.4) is 0 Å². The Morgan fingerprint density at radius 1 is 0.895 bits per heavy atom. The lowest BCUT2D eigenvalue weighted by Gasteiger charge is -2.25. The molecule has 1 aliphatic carbocycles. The molecule has 0 saturated heterocycles. The average Bonchev–Trinajstić information content (AvgIpc) is 2.95. The van der Waals surface area contributed by atoms with Gasteiger partial charge in [-0.25, -0.2) is 14.0 Å². The molecule has 1 atom stereocenters. The molecule has 0 heterocycles. The van der Waals surface area contributed by atoms with E-state index in [4.69, 9.17) is 5.11 Å². The number of rotatable bonds is 9. The number of urea groups is 1. The van der Waals surface area contributed by atoms with Crippen molar-refractivity contribution in [3.63, 3.8) is 0 Å². The molecule has 8 heteroatoms. The fourth-order valence-corrected chi connectivity index (χ4v) is 4.67. The third-order valence-electron chi connectivity index (χ3n) is 6.82. The molecule has 4 rings (SSSR count). The summed E-state index contributed by atoms with van der Waals surface area (Å²) in [5.41, 5.74) is 3.78. The number of halogens is 1. The van der Waals surface area contributed by atoms with E-state index in [1.54, 1.807) is 29.2 Å². The predicted octanol–water partition coefficient (Wildman–Crippen LogP) is 6.13. The van der Waals surface area contributed by atoms with E-state index in [1.165, 1.54) is 37.7 Å². The SMILES string of the molecule is O=C(NCC(F)C(=O)O)c1ccc(CN(C(=O)Nc2ccccc2)c2ccc(C3CCCCC3)cc2)cc1. The Bertz CT molecular complexity index is 1230. The second kappa shape index (κ2) is 12.9. The van der Waals surface area contributed by atoms with Crippen molar-refractivity contribution in [1.29, 1.82) is 0 Å². The zero-order valence-corrected chi connectivity index (χ0v) is 21.1. The smallest absolute Gasteiger partial charge is 0.340 e. The maximum atomic E-state index is 13.4. The predicted molar refractivity (Wildman–Crippen MR) is 145 cm³/mol. The van der Waals surface area contributed by atoms with Crippen molar-refractivity contribution in [2.24, 2.45) is 0 Å². The summed E-state index contributed by atoms with van der Waals surface area (Å²) in [6, 6.07) is 23.7. The van der Waals surface area contributed by atoms with Crippen LogP contribution in [0.2, 0.25) is 0 Å². The number of para-hydroxylation sites is 1. The van der Waals surface area contributed by atoms with Gasteiger partial charge in [-0.3, -0.25) is 9.69 Å². The molecular weight excluding hydrogens is 485 g/mol. The highest BCUT2D eigenvalue weighted by Gasteiger charge is 2.20. The molecule has 0 aliphatic heterocycles. The number of carbonyl (C=O) groups is 3. The number of carboxylic acid groups (broad SMARTS) is 1. The number of hydrogen-bond acceptors (Lipinski definition) is 3. The van der Waals surface area contributed by atoms with Crippen molar-refractivity contribution in [1.82, 2.24) is 5.32 Å². The monoisotopic (exact) mass is 517 g/mol. The largest absolute Gasteiger partial charge is 0.479 e. The molecule has 1 fully saturated rings. The zero-order valence-electron chi connectivity index (χ0n) is 21.1. The van der Waals surface area contributed by atoms with Crippen molar-refractivity contribution in [2.45, 2.75) is 50.7 Å². The number of carbonyl (C=O) groups excluding carboxylic acids is 2. The summed E-state index contributed by atoms with van der Waals surface area (Å²) in [5.74, 6) is -1.63. The Labute approximate surface area is 221 Å². The maximum Gasteiger partial charge on any atom is 0.340 e. The molecule has 0 aromatic heterocycles. The molecule has 1 aliphatic rings. The van der Waals surface area contributed by atoms with Gasteiger partial charge in [0.1, 0.15) is 0 Å². The van der Waals surface area contributed by atoms with E-state index >= 15 is 0 Å². The van der Waals surface area contributed by atoms with Crippen LogP contribution in [0.5, 0.6) is 0 Å². The summed E-state index contributed by atoms with van der Waals surface area (Å²) in [7, 11) is 0. The quantitative estimate of drug-likeness (QED) is 0.318. The first-order chi connectivity index (χ1) is 18.4. The number of amides is 3. The summed E-state index contributed by atoms with van der Waals surface area (Å²) >= 11 is 0. The Balaban J connectivity index is 1.49. The van der Waals surface area contributed by atoms with Gasteiger partial charge in [0.15, 0.2) is 0 Å². The molecule has 7 nitrogen and oxygen atoms in total. The minimum atomic E-state index is -2.17. The van der Waals surface area contributed by atoms with Crippen molar-refractivity contribution in [2.75, 3.05) is 16.8 Å². The van der Waals surface area contributed by atoms with Crippen molar-refractivity contribution < 1.29 is 23.9 Å². The number of aliphatic carboxylic acids is 1. The molecule has 0 spiro atoms. The van der Waals surface area contributed by atoms with Gasteiger partial charge in [-0.1, -0.05) is 61.7 Å². The molecule has 3 amide bonds. The van der Waals surface area contributed by atoms with Gasteiger partial charge in [-0.05, 0) is 66.3 Å². The standard InChI is InChI=1S/C30H32FN3O4/c31-27(29(36)37)19-32-28(35)24-13-11-21(12-14-24)20-34(30(38)33-25-9-5-2-6-10-25)26-17-15-23(16-18-26)22-7-3-1-4-8-22/h2,5-6,9-18,22,27H,1,3-4,7-8,19-20H2,(H,32,35)(H,33,38)(H,36,37). The van der Waals surface area contributed by atoms with Crippen LogP contribution in [0.4, 0.5) is 20.6 Å². The third kappa shape index (κ3) is 7.18. The number of nitrogens with zero attached hydrogens (tertiary/aromatic N) is 1. The molecule has 1 saturated carbocycles. The highest BCUT2D eigenvalue weighted by atomic mass is 19.1. The number of hydrogen-bond donors (Lipinski definition) is 3. The van der Waals surface area contributed by atoms with Crippen LogP contribution in [0, 0.1) is 0 Å². The molecule has 1 unspecified atom stereocenters. The lowest BCUT2D eigenvalue weighted by atomic mass is 9.84. The van der Waals surface area contributed by atoms with Crippen LogP contribution in [-0.4, -0.2) is 35.7 Å². The van der Waals surface area contributed by atoms with Crippen LogP contribution in [0.25, 0.3) is 0 Å². The van der Waals surface area contributed by atoms with Crippen LogP contribution < -0.4 is 15.5 Å². The van der Waals surface area contributed by atoms with Gasteiger partial charge < -0.3 is 15.7 Å². The van der Waals surface area contributed by atoms with E-state index in [1.807, 2.05) is 42.5 Å². The van der Waals surface area contributed by atoms with Gasteiger partial charge in [-0.15, -0.1) is 0 Å². The fraction of sp³-hybridized carbons (Fsp3) is 0.300. The van der Waals surface area contributed by atoms with Gasteiger partial charge in [0, 0.05) is 16.9 Å². The number of benzene rings is 3. The van der Waals surface area contributed by atoms with Crippen molar-refractivity contribution in [3.8, 4) is 0 Å². The van der Waals surface area contributed by atoms with E-state index in [-0.39, 0.29) is 18.1 Å². The first-order valence-corrected chi connectivity index (χ1v) is 12.9. The van der Waals surface area contributed by atoms with Crippen LogP contribution in [0.1, 0.15) is 59.5 Å². The van der Waals surface area contributed by atoms with Crippen molar-refractivity contribution in [3.05, 3.63) is 95.6 Å². The summed E-state index contributed by atoms with van der Waals surface area (Å²) in [6.07, 6.45) is 4.01. The first kappa shape index (κ1) is 26.9. The zero-order chi connectivity index (χ0) is 26.9. The number of anilines is 2. The van der Waals surface area contributed by atoms with Gasteiger partial charge in [0.25, 0.3) is 5.91 Å². The van der Waals surface area contributed by atoms with Crippen LogP contribution >= 0.6 is 0 Å². The van der Waals surface area contributed by atoms with Crippen LogP contribution in [0.15, 0.2) is 78.9 Å². The van der Waals surface area contributed by atoms with Gasteiger partial charge in [-0.2, -0.15) is 0 Å². The molecule has 0 bridgehead atoms. The first-order valence-electron chi connectivity index (χ1n) is 12.9.